The molecule has 1 aliphatic rings. The van der Waals surface area contributed by atoms with E-state index in [-0.39, 0.29) is 12.2 Å². The maximum Gasteiger partial charge on any atom is 0.125 e. The number of ether oxygens (including phenoxy) is 2. The Morgan fingerprint density at radius 3 is 2.62 bits per heavy atom. The van der Waals surface area contributed by atoms with Gasteiger partial charge in [0.05, 0.1) is 13.2 Å². The molecule has 0 heterocycles. The Kier molecular flexibility index (Phi) is 5.15. The van der Waals surface area contributed by atoms with Crippen molar-refractivity contribution in [3.63, 3.8) is 0 Å². The smallest absolute Gasteiger partial charge is 0.125 e. The molecule has 0 spiro atoms. The summed E-state index contributed by atoms with van der Waals surface area (Å²) < 4.78 is 11.3. The quantitative estimate of drug-likeness (QED) is 0.890. The maximum absolute atomic E-state index is 10.3. The minimum Gasteiger partial charge on any atom is -0.497 e. The third kappa shape index (κ3) is 3.91. The van der Waals surface area contributed by atoms with Crippen molar-refractivity contribution in [3.8, 4) is 11.5 Å². The molecule has 0 bridgehead atoms. The molecular formula is C18H28O3. The molecule has 0 aromatic heterocycles. The van der Waals surface area contributed by atoms with Crippen LogP contribution in [0.25, 0.3) is 0 Å². The van der Waals surface area contributed by atoms with Crippen LogP contribution < -0.4 is 9.47 Å². The van der Waals surface area contributed by atoms with E-state index in [0.29, 0.717) is 11.3 Å². The second-order valence-corrected chi connectivity index (χ2v) is 6.75. The Bertz CT molecular complexity index is 456. The zero-order chi connectivity index (χ0) is 15.5. The summed E-state index contributed by atoms with van der Waals surface area (Å²) in [6.45, 7) is 6.87. The van der Waals surface area contributed by atoms with Crippen LogP contribution >= 0.6 is 0 Å². The molecule has 1 N–H and O–H groups in total. The van der Waals surface area contributed by atoms with Crippen molar-refractivity contribution in [2.75, 3.05) is 7.11 Å². The predicted molar refractivity (Wildman–Crippen MR) is 84.8 cm³/mol. The highest BCUT2D eigenvalue weighted by atomic mass is 16.5. The largest absolute Gasteiger partial charge is 0.497 e. The third-order valence-electron chi connectivity index (χ3n) is 5.10. The summed E-state index contributed by atoms with van der Waals surface area (Å²) >= 11 is 0. The Morgan fingerprint density at radius 2 is 1.95 bits per heavy atom. The second-order valence-electron chi connectivity index (χ2n) is 6.75. The first-order valence-electron chi connectivity index (χ1n) is 7.95. The lowest BCUT2D eigenvalue weighted by Crippen LogP contribution is -2.42. The van der Waals surface area contributed by atoms with Gasteiger partial charge in [0.25, 0.3) is 0 Å². The van der Waals surface area contributed by atoms with Crippen LogP contribution in [0.15, 0.2) is 24.3 Å². The summed E-state index contributed by atoms with van der Waals surface area (Å²) in [5.41, 5.74) is 0.302. The van der Waals surface area contributed by atoms with E-state index in [1.165, 1.54) is 0 Å². The summed E-state index contributed by atoms with van der Waals surface area (Å²) in [5.74, 6) is 2.15. The SMILES string of the molecule is CCC(C)(C)C1CCC(O)C(Oc2cccc(OC)c2)C1. The van der Waals surface area contributed by atoms with E-state index in [1.54, 1.807) is 7.11 Å². The van der Waals surface area contributed by atoms with Gasteiger partial charge in [0.2, 0.25) is 0 Å². The average Bonchev–Trinajstić information content (AvgIpc) is 2.49. The summed E-state index contributed by atoms with van der Waals surface area (Å²) in [6.07, 6.45) is 3.48. The van der Waals surface area contributed by atoms with E-state index in [1.807, 2.05) is 24.3 Å². The van der Waals surface area contributed by atoms with Crippen LogP contribution in [0, 0.1) is 11.3 Å². The first-order chi connectivity index (χ1) is 9.96. The van der Waals surface area contributed by atoms with Gasteiger partial charge in [0, 0.05) is 6.07 Å². The number of aliphatic hydroxyl groups is 1. The van der Waals surface area contributed by atoms with Crippen LogP contribution in [-0.2, 0) is 0 Å². The molecule has 0 radical (unpaired) electrons. The fourth-order valence-electron chi connectivity index (χ4n) is 3.09. The molecule has 3 atom stereocenters. The van der Waals surface area contributed by atoms with E-state index in [0.717, 1.165) is 37.2 Å². The predicted octanol–water partition coefficient (Wildman–Crippen LogP) is 4.04. The van der Waals surface area contributed by atoms with Crippen molar-refractivity contribution < 1.29 is 14.6 Å². The first-order valence-corrected chi connectivity index (χ1v) is 7.95. The van der Waals surface area contributed by atoms with Gasteiger partial charge in [-0.3, -0.25) is 0 Å². The number of aliphatic hydroxyl groups excluding tert-OH is 1. The van der Waals surface area contributed by atoms with Gasteiger partial charge >= 0.3 is 0 Å². The van der Waals surface area contributed by atoms with Crippen molar-refractivity contribution in [1.29, 1.82) is 0 Å². The number of hydrogen-bond donors (Lipinski definition) is 1. The number of methoxy groups -OCH3 is 1. The minimum atomic E-state index is -0.375. The van der Waals surface area contributed by atoms with Gasteiger partial charge in [0.1, 0.15) is 17.6 Å². The van der Waals surface area contributed by atoms with Crippen molar-refractivity contribution >= 4 is 0 Å². The molecule has 118 valence electrons. The lowest BCUT2D eigenvalue weighted by Gasteiger charge is -2.41. The van der Waals surface area contributed by atoms with Crippen molar-refractivity contribution in [2.24, 2.45) is 11.3 Å². The minimum absolute atomic E-state index is 0.123. The van der Waals surface area contributed by atoms with Crippen molar-refractivity contribution in [2.45, 2.75) is 58.7 Å². The maximum atomic E-state index is 10.3. The van der Waals surface area contributed by atoms with E-state index in [4.69, 9.17) is 9.47 Å². The molecule has 0 saturated heterocycles. The van der Waals surface area contributed by atoms with E-state index >= 15 is 0 Å². The van der Waals surface area contributed by atoms with Gasteiger partial charge in [0.15, 0.2) is 0 Å². The molecule has 3 unspecified atom stereocenters. The average molecular weight is 292 g/mol. The van der Waals surface area contributed by atoms with Crippen LogP contribution in [0.1, 0.15) is 46.5 Å². The molecule has 3 heteroatoms. The van der Waals surface area contributed by atoms with E-state index in [9.17, 15) is 5.11 Å². The van der Waals surface area contributed by atoms with Crippen LogP contribution in [-0.4, -0.2) is 24.4 Å². The highest BCUT2D eigenvalue weighted by Gasteiger charge is 2.37. The van der Waals surface area contributed by atoms with Crippen LogP contribution in [0.3, 0.4) is 0 Å². The van der Waals surface area contributed by atoms with Crippen LogP contribution in [0.2, 0.25) is 0 Å². The third-order valence-corrected chi connectivity index (χ3v) is 5.10. The van der Waals surface area contributed by atoms with Crippen molar-refractivity contribution in [1.82, 2.24) is 0 Å². The lowest BCUT2D eigenvalue weighted by molar-refractivity contribution is -0.0334. The molecule has 1 aromatic rings. The van der Waals surface area contributed by atoms with Crippen molar-refractivity contribution in [3.05, 3.63) is 24.3 Å². The molecule has 2 rings (SSSR count). The van der Waals surface area contributed by atoms with Gasteiger partial charge in [-0.15, -0.1) is 0 Å². The normalized spacial score (nSPS) is 26.4. The molecule has 21 heavy (non-hydrogen) atoms. The molecule has 1 aromatic carbocycles. The summed E-state index contributed by atoms with van der Waals surface area (Å²) in [5, 5.41) is 10.3. The second kappa shape index (κ2) is 6.69. The Morgan fingerprint density at radius 1 is 1.24 bits per heavy atom. The topological polar surface area (TPSA) is 38.7 Å². The van der Waals surface area contributed by atoms with Gasteiger partial charge in [-0.25, -0.2) is 0 Å². The highest BCUT2D eigenvalue weighted by Crippen LogP contribution is 2.41. The fraction of sp³-hybridized carbons (Fsp3) is 0.667. The van der Waals surface area contributed by atoms with Gasteiger partial charge in [-0.05, 0) is 42.7 Å². The number of benzene rings is 1. The number of rotatable bonds is 5. The lowest BCUT2D eigenvalue weighted by atomic mass is 9.68. The van der Waals surface area contributed by atoms with E-state index < -0.39 is 0 Å². The molecule has 1 aliphatic carbocycles. The van der Waals surface area contributed by atoms with Gasteiger partial charge < -0.3 is 14.6 Å². The first kappa shape index (κ1) is 16.2. The Balaban J connectivity index is 2.06. The molecular weight excluding hydrogens is 264 g/mol. The highest BCUT2D eigenvalue weighted by molar-refractivity contribution is 5.33. The molecule has 0 aliphatic heterocycles. The summed E-state index contributed by atoms with van der Waals surface area (Å²) in [6, 6.07) is 7.61. The number of hydrogen-bond acceptors (Lipinski definition) is 3. The summed E-state index contributed by atoms with van der Waals surface area (Å²) in [4.78, 5) is 0. The molecule has 1 saturated carbocycles. The Labute approximate surface area is 128 Å². The summed E-state index contributed by atoms with van der Waals surface area (Å²) in [7, 11) is 1.65. The monoisotopic (exact) mass is 292 g/mol. The zero-order valence-electron chi connectivity index (χ0n) is 13.6. The van der Waals surface area contributed by atoms with Gasteiger partial charge in [-0.1, -0.05) is 33.3 Å². The molecule has 1 fully saturated rings. The Hall–Kier alpha value is -1.22. The standard InChI is InChI=1S/C18H28O3/c1-5-18(2,3)13-9-10-16(19)17(11-13)21-15-8-6-7-14(12-15)20-4/h6-8,12-13,16-17,19H,5,9-11H2,1-4H3. The zero-order valence-corrected chi connectivity index (χ0v) is 13.6. The van der Waals surface area contributed by atoms with Crippen LogP contribution in [0.4, 0.5) is 0 Å². The fourth-order valence-corrected chi connectivity index (χ4v) is 3.09. The van der Waals surface area contributed by atoms with Crippen LogP contribution in [0.5, 0.6) is 11.5 Å². The van der Waals surface area contributed by atoms with Gasteiger partial charge in [-0.2, -0.15) is 0 Å². The molecule has 0 amide bonds. The van der Waals surface area contributed by atoms with E-state index in [2.05, 4.69) is 20.8 Å². The molecule has 3 nitrogen and oxygen atoms in total.